The Labute approximate surface area is 75.5 Å². The van der Waals surface area contributed by atoms with Crippen LogP contribution in [-0.2, 0) is 4.79 Å². The molecule has 66 valence electrons. The van der Waals surface area contributed by atoms with Gasteiger partial charge in [0.05, 0.1) is 7.85 Å². The van der Waals surface area contributed by atoms with Gasteiger partial charge in [0.1, 0.15) is 0 Å². The standard InChI is InChI=1S/C9H16BNO/c1-7(12)11-9-4-2-3-8(5-9)6-10/h8-9H,2-6H2,1H3,(H,11,12)/t8-,9+/m0/s1. The number of hydrogen-bond acceptors (Lipinski definition) is 1. The first kappa shape index (κ1) is 9.62. The molecule has 3 heteroatoms. The number of rotatable bonds is 2. The molecule has 2 radical (unpaired) electrons. The molecule has 1 N–H and O–H groups in total. The Hall–Kier alpha value is -0.465. The summed E-state index contributed by atoms with van der Waals surface area (Å²) < 4.78 is 0. The Morgan fingerprint density at radius 3 is 2.92 bits per heavy atom. The van der Waals surface area contributed by atoms with Crippen molar-refractivity contribution in [3.05, 3.63) is 0 Å². The van der Waals surface area contributed by atoms with Gasteiger partial charge in [0.2, 0.25) is 5.91 Å². The van der Waals surface area contributed by atoms with Crippen LogP contribution in [0.3, 0.4) is 0 Å². The fourth-order valence-corrected chi connectivity index (χ4v) is 1.92. The molecule has 1 aliphatic rings. The zero-order valence-electron chi connectivity index (χ0n) is 7.68. The van der Waals surface area contributed by atoms with Crippen molar-refractivity contribution in [3.63, 3.8) is 0 Å². The monoisotopic (exact) mass is 165 g/mol. The highest BCUT2D eigenvalue weighted by Crippen LogP contribution is 2.26. The number of carbonyl (C=O) groups excluding carboxylic acids is 1. The molecule has 2 nitrogen and oxygen atoms in total. The van der Waals surface area contributed by atoms with E-state index in [1.165, 1.54) is 12.8 Å². The van der Waals surface area contributed by atoms with E-state index in [1.807, 2.05) is 0 Å². The van der Waals surface area contributed by atoms with Crippen LogP contribution in [0.1, 0.15) is 32.6 Å². The molecule has 12 heavy (non-hydrogen) atoms. The van der Waals surface area contributed by atoms with Gasteiger partial charge in [-0.2, -0.15) is 0 Å². The van der Waals surface area contributed by atoms with Crippen molar-refractivity contribution in [2.45, 2.75) is 45.0 Å². The summed E-state index contributed by atoms with van der Waals surface area (Å²) in [6.45, 7) is 1.58. The van der Waals surface area contributed by atoms with Crippen LogP contribution in [0.4, 0.5) is 0 Å². The average molecular weight is 165 g/mol. The quantitative estimate of drug-likeness (QED) is 0.613. The van der Waals surface area contributed by atoms with Crippen LogP contribution in [-0.4, -0.2) is 19.8 Å². The summed E-state index contributed by atoms with van der Waals surface area (Å²) in [7, 11) is 5.58. The fraction of sp³-hybridized carbons (Fsp3) is 0.889. The van der Waals surface area contributed by atoms with E-state index in [9.17, 15) is 4.79 Å². The number of carbonyl (C=O) groups is 1. The molecule has 0 spiro atoms. The van der Waals surface area contributed by atoms with Crippen LogP contribution in [0.25, 0.3) is 0 Å². The van der Waals surface area contributed by atoms with Gasteiger partial charge >= 0.3 is 0 Å². The van der Waals surface area contributed by atoms with Crippen molar-refractivity contribution in [2.75, 3.05) is 0 Å². The van der Waals surface area contributed by atoms with E-state index < -0.39 is 0 Å². The van der Waals surface area contributed by atoms with Gasteiger partial charge in [-0.15, -0.1) is 0 Å². The van der Waals surface area contributed by atoms with E-state index in [-0.39, 0.29) is 5.91 Å². The zero-order chi connectivity index (χ0) is 8.97. The van der Waals surface area contributed by atoms with Gasteiger partial charge in [-0.1, -0.05) is 19.2 Å². The minimum absolute atomic E-state index is 0.0812. The lowest BCUT2D eigenvalue weighted by atomic mass is 9.78. The van der Waals surface area contributed by atoms with E-state index >= 15 is 0 Å². The van der Waals surface area contributed by atoms with Crippen LogP contribution >= 0.6 is 0 Å². The highest BCUT2D eigenvalue weighted by Gasteiger charge is 2.20. The number of amides is 1. The summed E-state index contributed by atoms with van der Waals surface area (Å²) in [5, 5.41) is 2.95. The summed E-state index contributed by atoms with van der Waals surface area (Å²) in [6.07, 6.45) is 5.38. The molecule has 1 aliphatic carbocycles. The van der Waals surface area contributed by atoms with Gasteiger partial charge in [-0.05, 0) is 18.8 Å². The molecule has 2 atom stereocenters. The first-order valence-corrected chi connectivity index (χ1v) is 4.69. The SMILES string of the molecule is [B]C[C@H]1CCC[C@@H](NC(C)=O)C1. The van der Waals surface area contributed by atoms with Gasteiger partial charge < -0.3 is 5.32 Å². The third kappa shape index (κ3) is 2.88. The van der Waals surface area contributed by atoms with Crippen molar-refractivity contribution >= 4 is 13.8 Å². The van der Waals surface area contributed by atoms with Gasteiger partial charge in [-0.3, -0.25) is 4.79 Å². The molecule has 0 heterocycles. The van der Waals surface area contributed by atoms with Crippen molar-refractivity contribution < 1.29 is 4.79 Å². The molecule has 1 rings (SSSR count). The summed E-state index contributed by atoms with van der Waals surface area (Å²) in [6, 6.07) is 0.379. The second kappa shape index (κ2) is 4.53. The second-order valence-corrected chi connectivity index (χ2v) is 3.67. The lowest BCUT2D eigenvalue weighted by Crippen LogP contribution is -2.36. The average Bonchev–Trinajstić information content (AvgIpc) is 2.03. The van der Waals surface area contributed by atoms with Gasteiger partial charge in [0.25, 0.3) is 0 Å². The lowest BCUT2D eigenvalue weighted by molar-refractivity contribution is -0.119. The predicted molar refractivity (Wildman–Crippen MR) is 50.1 cm³/mol. The first-order valence-electron chi connectivity index (χ1n) is 4.69. The summed E-state index contributed by atoms with van der Waals surface area (Å²) in [5.74, 6) is 0.702. The van der Waals surface area contributed by atoms with Crippen molar-refractivity contribution in [1.82, 2.24) is 5.32 Å². The molecule has 0 saturated heterocycles. The normalized spacial score (nSPS) is 29.8. The van der Waals surface area contributed by atoms with Crippen LogP contribution < -0.4 is 5.32 Å². The van der Waals surface area contributed by atoms with E-state index in [0.29, 0.717) is 12.0 Å². The summed E-state index contributed by atoms with van der Waals surface area (Å²) in [5.41, 5.74) is 0. The summed E-state index contributed by atoms with van der Waals surface area (Å²) in [4.78, 5) is 10.8. The molecule has 0 aromatic rings. The maximum absolute atomic E-state index is 10.8. The maximum atomic E-state index is 10.8. The predicted octanol–water partition coefficient (Wildman–Crippen LogP) is 1.27. The van der Waals surface area contributed by atoms with E-state index in [2.05, 4.69) is 5.32 Å². The van der Waals surface area contributed by atoms with E-state index in [4.69, 9.17) is 7.85 Å². The largest absolute Gasteiger partial charge is 0.354 e. The van der Waals surface area contributed by atoms with E-state index in [1.54, 1.807) is 6.92 Å². The third-order valence-electron chi connectivity index (χ3n) is 2.52. The topological polar surface area (TPSA) is 29.1 Å². The Bertz CT molecular complexity index is 161. The smallest absolute Gasteiger partial charge is 0.217 e. The summed E-state index contributed by atoms with van der Waals surface area (Å²) >= 11 is 0. The minimum atomic E-state index is 0.0812. The Balaban J connectivity index is 2.30. The Morgan fingerprint density at radius 1 is 1.58 bits per heavy atom. The van der Waals surface area contributed by atoms with Gasteiger partial charge in [0.15, 0.2) is 0 Å². The molecular weight excluding hydrogens is 149 g/mol. The van der Waals surface area contributed by atoms with Crippen molar-refractivity contribution in [2.24, 2.45) is 5.92 Å². The lowest BCUT2D eigenvalue weighted by Gasteiger charge is -2.28. The fourth-order valence-electron chi connectivity index (χ4n) is 1.92. The zero-order valence-corrected chi connectivity index (χ0v) is 7.68. The molecule has 1 fully saturated rings. The highest BCUT2D eigenvalue weighted by atomic mass is 16.1. The van der Waals surface area contributed by atoms with Crippen molar-refractivity contribution in [3.8, 4) is 0 Å². The highest BCUT2D eigenvalue weighted by molar-refractivity contribution is 6.08. The van der Waals surface area contributed by atoms with Crippen LogP contribution in [0, 0.1) is 5.92 Å². The maximum Gasteiger partial charge on any atom is 0.217 e. The van der Waals surface area contributed by atoms with Crippen molar-refractivity contribution in [1.29, 1.82) is 0 Å². The van der Waals surface area contributed by atoms with Gasteiger partial charge in [-0.25, -0.2) is 0 Å². The molecule has 0 aromatic heterocycles. The molecule has 0 aliphatic heterocycles. The molecule has 0 bridgehead atoms. The number of nitrogens with one attached hydrogen (secondary N) is 1. The molecule has 1 saturated carbocycles. The Kier molecular flexibility index (Phi) is 3.64. The molecule has 1 amide bonds. The van der Waals surface area contributed by atoms with Crippen LogP contribution in [0.15, 0.2) is 0 Å². The molecular formula is C9H16BNO. The van der Waals surface area contributed by atoms with E-state index in [0.717, 1.165) is 19.2 Å². The van der Waals surface area contributed by atoms with Crippen LogP contribution in [0.2, 0.25) is 6.32 Å². The minimum Gasteiger partial charge on any atom is -0.354 e. The second-order valence-electron chi connectivity index (χ2n) is 3.67. The first-order chi connectivity index (χ1) is 5.72. The third-order valence-corrected chi connectivity index (χ3v) is 2.52. The molecule has 0 aromatic carbocycles. The molecule has 0 unspecified atom stereocenters. The number of hydrogen-bond donors (Lipinski definition) is 1. The Morgan fingerprint density at radius 2 is 2.33 bits per heavy atom. The van der Waals surface area contributed by atoms with Gasteiger partial charge in [0, 0.05) is 13.0 Å². The van der Waals surface area contributed by atoms with Crippen LogP contribution in [0.5, 0.6) is 0 Å².